The minimum Gasteiger partial charge on any atom is -0.396 e. The van der Waals surface area contributed by atoms with Crippen molar-refractivity contribution < 1.29 is 5.11 Å². The van der Waals surface area contributed by atoms with E-state index in [2.05, 4.69) is 36.1 Å². The maximum absolute atomic E-state index is 8.95. The van der Waals surface area contributed by atoms with Crippen LogP contribution in [0.1, 0.15) is 33.6 Å². The number of nitrogens with zero attached hydrogens (tertiary/aromatic N) is 2. The summed E-state index contributed by atoms with van der Waals surface area (Å²) < 4.78 is 0. The molecule has 96 valence electrons. The molecule has 0 aliphatic carbocycles. The number of nitrogens with one attached hydrogen (secondary N) is 1. The Morgan fingerprint density at radius 3 is 2.62 bits per heavy atom. The lowest BCUT2D eigenvalue weighted by Gasteiger charge is -2.22. The zero-order chi connectivity index (χ0) is 12.4. The molecule has 4 heteroatoms. The van der Waals surface area contributed by atoms with Crippen LogP contribution in [0.3, 0.4) is 0 Å². The number of hydrogen-bond donors (Lipinski definition) is 2. The standard InChI is InChI=1S/C12H27N3O/c1-5-7-8-15(4)12(13-6-2)14-9-11(3)10-16/h11,16H,5-10H2,1-4H3,(H,13,14). The zero-order valence-electron chi connectivity index (χ0n) is 11.2. The van der Waals surface area contributed by atoms with Crippen molar-refractivity contribution in [3.63, 3.8) is 0 Å². The van der Waals surface area contributed by atoms with Gasteiger partial charge in [-0.15, -0.1) is 0 Å². The van der Waals surface area contributed by atoms with Gasteiger partial charge in [-0.1, -0.05) is 20.3 Å². The van der Waals surface area contributed by atoms with Crippen molar-refractivity contribution in [2.24, 2.45) is 10.9 Å². The number of aliphatic imine (C=N–C) groups is 1. The molecular formula is C12H27N3O. The monoisotopic (exact) mass is 229 g/mol. The zero-order valence-corrected chi connectivity index (χ0v) is 11.2. The van der Waals surface area contributed by atoms with Gasteiger partial charge < -0.3 is 15.3 Å². The first-order valence-electron chi connectivity index (χ1n) is 6.25. The van der Waals surface area contributed by atoms with Crippen LogP contribution in [0.25, 0.3) is 0 Å². The van der Waals surface area contributed by atoms with Gasteiger partial charge in [0.25, 0.3) is 0 Å². The van der Waals surface area contributed by atoms with Crippen LogP contribution < -0.4 is 5.32 Å². The average molecular weight is 229 g/mol. The smallest absolute Gasteiger partial charge is 0.193 e. The molecule has 0 saturated heterocycles. The summed E-state index contributed by atoms with van der Waals surface area (Å²) in [6.07, 6.45) is 2.37. The highest BCUT2D eigenvalue weighted by Gasteiger charge is 2.05. The van der Waals surface area contributed by atoms with Crippen LogP contribution >= 0.6 is 0 Å². The largest absolute Gasteiger partial charge is 0.396 e. The summed E-state index contributed by atoms with van der Waals surface area (Å²) in [5.74, 6) is 1.17. The molecule has 0 aromatic heterocycles. The van der Waals surface area contributed by atoms with Crippen molar-refractivity contribution in [3.05, 3.63) is 0 Å². The third-order valence-electron chi connectivity index (χ3n) is 2.41. The van der Waals surface area contributed by atoms with Crippen molar-refractivity contribution in [3.8, 4) is 0 Å². The predicted molar refractivity (Wildman–Crippen MR) is 69.8 cm³/mol. The first kappa shape index (κ1) is 15.2. The molecule has 0 saturated carbocycles. The van der Waals surface area contributed by atoms with Gasteiger partial charge in [-0.3, -0.25) is 4.99 Å². The van der Waals surface area contributed by atoms with Gasteiger partial charge in [-0.2, -0.15) is 0 Å². The van der Waals surface area contributed by atoms with Crippen LogP contribution in [0.5, 0.6) is 0 Å². The van der Waals surface area contributed by atoms with E-state index >= 15 is 0 Å². The second kappa shape index (κ2) is 9.46. The molecule has 0 spiro atoms. The summed E-state index contributed by atoms with van der Waals surface area (Å²) in [5.41, 5.74) is 0. The topological polar surface area (TPSA) is 47.9 Å². The SMILES string of the molecule is CCCCN(C)C(=NCC(C)CO)NCC. The van der Waals surface area contributed by atoms with Crippen molar-refractivity contribution >= 4 is 5.96 Å². The molecule has 0 aromatic carbocycles. The van der Waals surface area contributed by atoms with Crippen LogP contribution in [0.15, 0.2) is 4.99 Å². The van der Waals surface area contributed by atoms with Crippen LogP contribution in [0.2, 0.25) is 0 Å². The van der Waals surface area contributed by atoms with E-state index in [9.17, 15) is 0 Å². The molecule has 0 rings (SSSR count). The highest BCUT2D eigenvalue weighted by atomic mass is 16.3. The Morgan fingerprint density at radius 2 is 2.12 bits per heavy atom. The summed E-state index contributed by atoms with van der Waals surface area (Å²) in [7, 11) is 2.06. The second-order valence-electron chi connectivity index (χ2n) is 4.26. The number of hydrogen-bond acceptors (Lipinski definition) is 2. The molecule has 0 radical (unpaired) electrons. The molecule has 16 heavy (non-hydrogen) atoms. The third kappa shape index (κ3) is 6.67. The van der Waals surface area contributed by atoms with Crippen molar-refractivity contribution in [1.29, 1.82) is 0 Å². The summed E-state index contributed by atoms with van der Waals surface area (Å²) in [5, 5.41) is 12.2. The molecule has 0 aliphatic rings. The fourth-order valence-corrected chi connectivity index (χ4v) is 1.27. The molecule has 0 amide bonds. The van der Waals surface area contributed by atoms with E-state index in [1.165, 1.54) is 12.8 Å². The quantitative estimate of drug-likeness (QED) is 0.511. The average Bonchev–Trinajstić information content (AvgIpc) is 2.30. The third-order valence-corrected chi connectivity index (χ3v) is 2.41. The van der Waals surface area contributed by atoms with Gasteiger partial charge in [-0.25, -0.2) is 0 Å². The summed E-state index contributed by atoms with van der Waals surface area (Å²) in [6, 6.07) is 0. The number of rotatable bonds is 7. The Bertz CT molecular complexity index is 195. The molecule has 0 aliphatic heterocycles. The van der Waals surface area contributed by atoms with Gasteiger partial charge in [0.05, 0.1) is 0 Å². The fourth-order valence-electron chi connectivity index (χ4n) is 1.27. The molecule has 1 atom stereocenters. The first-order chi connectivity index (χ1) is 7.65. The first-order valence-corrected chi connectivity index (χ1v) is 6.25. The van der Waals surface area contributed by atoms with Gasteiger partial charge in [0, 0.05) is 33.3 Å². The van der Waals surface area contributed by atoms with E-state index in [-0.39, 0.29) is 12.5 Å². The lowest BCUT2D eigenvalue weighted by molar-refractivity contribution is 0.241. The van der Waals surface area contributed by atoms with E-state index in [1.54, 1.807) is 0 Å². The number of unbranched alkanes of at least 4 members (excludes halogenated alkanes) is 1. The highest BCUT2D eigenvalue weighted by molar-refractivity contribution is 5.79. The Balaban J connectivity index is 4.22. The fraction of sp³-hybridized carbons (Fsp3) is 0.917. The second-order valence-corrected chi connectivity index (χ2v) is 4.26. The van der Waals surface area contributed by atoms with E-state index in [1.807, 2.05) is 6.92 Å². The Labute approximate surface area is 99.8 Å². The molecule has 0 heterocycles. The molecule has 2 N–H and O–H groups in total. The summed E-state index contributed by atoms with van der Waals surface area (Å²) in [6.45, 7) is 9.03. The van der Waals surface area contributed by atoms with Gasteiger partial charge in [0.1, 0.15) is 0 Å². The van der Waals surface area contributed by atoms with Crippen molar-refractivity contribution in [1.82, 2.24) is 10.2 Å². The lowest BCUT2D eigenvalue weighted by Crippen LogP contribution is -2.39. The molecule has 0 fully saturated rings. The Morgan fingerprint density at radius 1 is 1.44 bits per heavy atom. The molecule has 4 nitrogen and oxygen atoms in total. The molecule has 0 aromatic rings. The minimum atomic E-state index is 0.196. The van der Waals surface area contributed by atoms with Crippen molar-refractivity contribution in [2.75, 3.05) is 33.3 Å². The van der Waals surface area contributed by atoms with E-state index in [0.717, 1.165) is 19.0 Å². The van der Waals surface area contributed by atoms with Crippen LogP contribution in [-0.4, -0.2) is 49.3 Å². The van der Waals surface area contributed by atoms with Gasteiger partial charge in [0.2, 0.25) is 0 Å². The van der Waals surface area contributed by atoms with Crippen molar-refractivity contribution in [2.45, 2.75) is 33.6 Å². The summed E-state index contributed by atoms with van der Waals surface area (Å²) in [4.78, 5) is 6.66. The molecule has 0 bridgehead atoms. The van der Waals surface area contributed by atoms with Crippen LogP contribution in [0.4, 0.5) is 0 Å². The molecule has 1 unspecified atom stereocenters. The molecular weight excluding hydrogens is 202 g/mol. The maximum atomic E-state index is 8.95. The lowest BCUT2D eigenvalue weighted by atomic mass is 10.2. The maximum Gasteiger partial charge on any atom is 0.193 e. The van der Waals surface area contributed by atoms with E-state index in [4.69, 9.17) is 5.11 Å². The minimum absolute atomic E-state index is 0.196. The number of aliphatic hydroxyl groups is 1. The van der Waals surface area contributed by atoms with Crippen LogP contribution in [0, 0.1) is 5.92 Å². The number of guanidine groups is 1. The van der Waals surface area contributed by atoms with Gasteiger partial charge >= 0.3 is 0 Å². The van der Waals surface area contributed by atoms with Crippen LogP contribution in [-0.2, 0) is 0 Å². The number of aliphatic hydroxyl groups excluding tert-OH is 1. The normalized spacial score (nSPS) is 13.7. The van der Waals surface area contributed by atoms with Gasteiger partial charge in [-0.05, 0) is 19.3 Å². The van der Waals surface area contributed by atoms with E-state index in [0.29, 0.717) is 6.54 Å². The predicted octanol–water partition coefficient (Wildman–Crippen LogP) is 1.31. The van der Waals surface area contributed by atoms with E-state index < -0.39 is 0 Å². The summed E-state index contributed by atoms with van der Waals surface area (Å²) >= 11 is 0. The highest BCUT2D eigenvalue weighted by Crippen LogP contribution is 1.97. The Hall–Kier alpha value is -0.770. The van der Waals surface area contributed by atoms with Gasteiger partial charge in [0.15, 0.2) is 5.96 Å². The Kier molecular flexibility index (Phi) is 9.00.